The SMILES string of the molecule is C/C=C1\CN2C3Cc4c([nH]c5ccccc45)[C@@H]2C[C@H]1C3CO. The Morgan fingerprint density at radius 2 is 2.23 bits per heavy atom. The van der Waals surface area contributed by atoms with Crippen LogP contribution in [0.5, 0.6) is 0 Å². The third-order valence-corrected chi connectivity index (χ3v) is 6.33. The summed E-state index contributed by atoms with van der Waals surface area (Å²) in [6.45, 7) is 3.55. The van der Waals surface area contributed by atoms with Crippen molar-refractivity contribution >= 4 is 10.9 Å². The van der Waals surface area contributed by atoms with Crippen LogP contribution >= 0.6 is 0 Å². The molecule has 6 rings (SSSR count). The Balaban J connectivity index is 1.69. The zero-order valence-corrected chi connectivity index (χ0v) is 12.9. The van der Waals surface area contributed by atoms with E-state index in [9.17, 15) is 5.11 Å². The van der Waals surface area contributed by atoms with Crippen molar-refractivity contribution in [3.63, 3.8) is 0 Å². The molecule has 5 atom stereocenters. The van der Waals surface area contributed by atoms with Gasteiger partial charge < -0.3 is 10.1 Å². The first-order chi connectivity index (χ1) is 10.8. The van der Waals surface area contributed by atoms with E-state index in [2.05, 4.69) is 47.1 Å². The van der Waals surface area contributed by atoms with Gasteiger partial charge in [0.15, 0.2) is 0 Å². The van der Waals surface area contributed by atoms with Crippen LogP contribution in [0.3, 0.4) is 0 Å². The molecule has 4 bridgehead atoms. The lowest BCUT2D eigenvalue weighted by molar-refractivity contribution is -0.0503. The summed E-state index contributed by atoms with van der Waals surface area (Å²) in [5.74, 6) is 0.965. The zero-order chi connectivity index (χ0) is 14.8. The minimum Gasteiger partial charge on any atom is -0.396 e. The minimum absolute atomic E-state index is 0.313. The van der Waals surface area contributed by atoms with E-state index in [-0.39, 0.29) is 0 Å². The van der Waals surface area contributed by atoms with E-state index in [4.69, 9.17) is 0 Å². The molecule has 0 spiro atoms. The Morgan fingerprint density at radius 1 is 1.36 bits per heavy atom. The number of nitrogens with zero attached hydrogens (tertiary/aromatic N) is 1. The van der Waals surface area contributed by atoms with Crippen LogP contribution < -0.4 is 0 Å². The molecule has 2 aromatic rings. The molecule has 5 heterocycles. The van der Waals surface area contributed by atoms with Crippen molar-refractivity contribution in [1.29, 1.82) is 0 Å². The predicted octanol–water partition coefficient (Wildman–Crippen LogP) is 3.02. The number of hydrogen-bond donors (Lipinski definition) is 2. The van der Waals surface area contributed by atoms with Crippen molar-refractivity contribution in [3.8, 4) is 0 Å². The van der Waals surface area contributed by atoms with Gasteiger partial charge in [-0.15, -0.1) is 0 Å². The molecule has 114 valence electrons. The molecule has 3 heteroatoms. The van der Waals surface area contributed by atoms with Crippen LogP contribution in [0.25, 0.3) is 10.9 Å². The molecule has 0 saturated carbocycles. The monoisotopic (exact) mass is 294 g/mol. The molecule has 22 heavy (non-hydrogen) atoms. The van der Waals surface area contributed by atoms with E-state index in [1.165, 1.54) is 27.7 Å². The number of nitrogens with one attached hydrogen (secondary N) is 1. The lowest BCUT2D eigenvalue weighted by Crippen LogP contribution is -2.60. The lowest BCUT2D eigenvalue weighted by Gasteiger charge is -2.58. The van der Waals surface area contributed by atoms with Crippen LogP contribution in [0.4, 0.5) is 0 Å². The van der Waals surface area contributed by atoms with Crippen molar-refractivity contribution in [2.24, 2.45) is 11.8 Å². The molecule has 0 amide bonds. The largest absolute Gasteiger partial charge is 0.396 e. The molecule has 1 aromatic heterocycles. The van der Waals surface area contributed by atoms with Gasteiger partial charge in [0.25, 0.3) is 0 Å². The van der Waals surface area contributed by atoms with Gasteiger partial charge in [-0.2, -0.15) is 0 Å². The smallest absolute Gasteiger partial charge is 0.0514 e. The van der Waals surface area contributed by atoms with E-state index in [1.54, 1.807) is 0 Å². The van der Waals surface area contributed by atoms with Crippen LogP contribution in [0, 0.1) is 11.8 Å². The highest BCUT2D eigenvalue weighted by Gasteiger charge is 2.52. The fourth-order valence-corrected chi connectivity index (χ4v) is 5.32. The Kier molecular flexibility index (Phi) is 2.62. The van der Waals surface area contributed by atoms with Gasteiger partial charge in [0.05, 0.1) is 6.04 Å². The van der Waals surface area contributed by atoms with Crippen LogP contribution in [0.2, 0.25) is 0 Å². The number of benzene rings is 1. The highest BCUT2D eigenvalue weighted by atomic mass is 16.3. The maximum atomic E-state index is 9.99. The number of piperidine rings is 3. The number of fused-ring (bicyclic) bond motifs is 4. The summed E-state index contributed by atoms with van der Waals surface area (Å²) in [5.41, 5.74) is 5.74. The molecule has 3 saturated heterocycles. The van der Waals surface area contributed by atoms with E-state index in [0.29, 0.717) is 30.5 Å². The fraction of sp³-hybridized carbons (Fsp3) is 0.474. The van der Waals surface area contributed by atoms with Crippen molar-refractivity contribution in [3.05, 3.63) is 47.2 Å². The third kappa shape index (κ3) is 1.48. The normalized spacial score (nSPS) is 37.7. The van der Waals surface area contributed by atoms with Gasteiger partial charge >= 0.3 is 0 Å². The number of aromatic nitrogens is 1. The second kappa shape index (κ2) is 4.46. The first-order valence-corrected chi connectivity index (χ1v) is 8.43. The number of aliphatic hydroxyl groups excluding tert-OH is 1. The summed E-state index contributed by atoms with van der Waals surface area (Å²) in [5, 5.41) is 11.4. The Labute approximate surface area is 130 Å². The second-order valence-electron chi connectivity index (χ2n) is 7.07. The predicted molar refractivity (Wildman–Crippen MR) is 87.7 cm³/mol. The Morgan fingerprint density at radius 3 is 3.05 bits per heavy atom. The molecule has 2 N–H and O–H groups in total. The Hall–Kier alpha value is -1.58. The van der Waals surface area contributed by atoms with Gasteiger partial charge in [0.2, 0.25) is 0 Å². The zero-order valence-electron chi connectivity index (χ0n) is 12.9. The van der Waals surface area contributed by atoms with Gasteiger partial charge in [-0.1, -0.05) is 29.8 Å². The molecular formula is C19H22N2O. The maximum Gasteiger partial charge on any atom is 0.0514 e. The quantitative estimate of drug-likeness (QED) is 0.794. The lowest BCUT2D eigenvalue weighted by atomic mass is 9.64. The fourth-order valence-electron chi connectivity index (χ4n) is 5.32. The molecule has 0 radical (unpaired) electrons. The van der Waals surface area contributed by atoms with Gasteiger partial charge in [-0.25, -0.2) is 0 Å². The number of para-hydroxylation sites is 1. The van der Waals surface area contributed by atoms with Gasteiger partial charge in [0, 0.05) is 41.7 Å². The summed E-state index contributed by atoms with van der Waals surface area (Å²) in [7, 11) is 0. The highest BCUT2D eigenvalue weighted by molar-refractivity contribution is 5.85. The standard InChI is InChI=1S/C19H22N2O/c1-2-11-9-21-17-8-14-12-5-3-4-6-16(12)20-19(14)18(21)7-13(11)15(17)10-22/h2-6,13,15,17-18,20,22H,7-10H2,1H3/b11-2+/t13-,15?,17?,18+/m1/s1. The number of allylic oxidation sites excluding steroid dienone is 1. The van der Waals surface area contributed by atoms with Crippen LogP contribution in [-0.4, -0.2) is 34.2 Å². The summed E-state index contributed by atoms with van der Waals surface area (Å²) in [6, 6.07) is 9.68. The van der Waals surface area contributed by atoms with E-state index >= 15 is 0 Å². The molecular weight excluding hydrogens is 272 g/mol. The van der Waals surface area contributed by atoms with Gasteiger partial charge in [0.1, 0.15) is 0 Å². The van der Waals surface area contributed by atoms with Gasteiger partial charge in [-0.05, 0) is 37.3 Å². The topological polar surface area (TPSA) is 39.3 Å². The van der Waals surface area contributed by atoms with E-state index in [0.717, 1.165) is 19.4 Å². The number of hydrogen-bond acceptors (Lipinski definition) is 2. The maximum absolute atomic E-state index is 9.99. The van der Waals surface area contributed by atoms with Crippen molar-refractivity contribution < 1.29 is 5.11 Å². The van der Waals surface area contributed by atoms with E-state index in [1.807, 2.05) is 0 Å². The van der Waals surface area contributed by atoms with Crippen LogP contribution in [-0.2, 0) is 6.42 Å². The van der Waals surface area contributed by atoms with Crippen molar-refractivity contribution in [2.45, 2.75) is 31.8 Å². The molecule has 3 fully saturated rings. The third-order valence-electron chi connectivity index (χ3n) is 6.33. The Bertz CT molecular complexity index is 775. The summed E-state index contributed by atoms with van der Waals surface area (Å²) >= 11 is 0. The molecule has 3 nitrogen and oxygen atoms in total. The highest BCUT2D eigenvalue weighted by Crippen LogP contribution is 2.53. The number of H-pyrrole nitrogens is 1. The number of aromatic amines is 1. The first-order valence-electron chi connectivity index (χ1n) is 8.43. The molecule has 3 unspecified atom stereocenters. The van der Waals surface area contributed by atoms with Crippen molar-refractivity contribution in [1.82, 2.24) is 9.88 Å². The second-order valence-corrected chi connectivity index (χ2v) is 7.07. The molecule has 1 aromatic carbocycles. The number of rotatable bonds is 1. The molecule has 0 aliphatic carbocycles. The van der Waals surface area contributed by atoms with Crippen LogP contribution in [0.15, 0.2) is 35.9 Å². The average Bonchev–Trinajstić information content (AvgIpc) is 2.93. The van der Waals surface area contributed by atoms with Crippen molar-refractivity contribution in [2.75, 3.05) is 13.2 Å². The van der Waals surface area contributed by atoms with Crippen LogP contribution in [0.1, 0.15) is 30.6 Å². The number of aliphatic hydroxyl groups is 1. The first kappa shape index (κ1) is 12.9. The molecule has 4 aliphatic heterocycles. The summed E-state index contributed by atoms with van der Waals surface area (Å²) < 4.78 is 0. The molecule has 4 aliphatic rings. The summed E-state index contributed by atoms with van der Waals surface area (Å²) in [4.78, 5) is 6.35. The van der Waals surface area contributed by atoms with Gasteiger partial charge in [-0.3, -0.25) is 4.90 Å². The minimum atomic E-state index is 0.313. The van der Waals surface area contributed by atoms with E-state index < -0.39 is 0 Å². The average molecular weight is 294 g/mol. The summed E-state index contributed by atoms with van der Waals surface area (Å²) in [6.07, 6.45) is 4.51.